The fourth-order valence-corrected chi connectivity index (χ4v) is 2.48. The first-order chi connectivity index (χ1) is 13.1. The van der Waals surface area contributed by atoms with Gasteiger partial charge in [0.15, 0.2) is 11.5 Å². The highest BCUT2D eigenvalue weighted by molar-refractivity contribution is 9.10. The van der Waals surface area contributed by atoms with E-state index in [0.29, 0.717) is 11.5 Å². The topological polar surface area (TPSA) is 57.1 Å². The summed E-state index contributed by atoms with van der Waals surface area (Å²) in [5, 5.41) is 0. The van der Waals surface area contributed by atoms with E-state index in [-0.39, 0.29) is 5.75 Å². The summed E-state index contributed by atoms with van der Waals surface area (Å²) in [5.41, 5.74) is 1.63. The smallest absolute Gasteiger partial charge is 0.493 e. The van der Waals surface area contributed by atoms with Gasteiger partial charge >= 0.3 is 6.16 Å². The van der Waals surface area contributed by atoms with Crippen LogP contribution in [-0.4, -0.2) is 19.5 Å². The molecule has 0 heterocycles. The predicted octanol–water partition coefficient (Wildman–Crippen LogP) is 5.79. The van der Waals surface area contributed by atoms with Crippen molar-refractivity contribution in [3.05, 3.63) is 82.8 Å². The lowest BCUT2D eigenvalue weighted by molar-refractivity contribution is 0.150. The molecule has 0 aromatic heterocycles. The van der Waals surface area contributed by atoms with Crippen LogP contribution in [-0.2, 0) is 0 Å². The molecular weight excluding hydrogens is 410 g/mol. The number of halogens is 1. The summed E-state index contributed by atoms with van der Waals surface area (Å²) in [6, 6.07) is 21.5. The van der Waals surface area contributed by atoms with Crippen molar-refractivity contribution in [2.24, 2.45) is 4.99 Å². The SMILES string of the molecule is COc1cc(C=Nc2ccc(Br)cc2)ccc1OC(=O)Oc1ccccc1. The van der Waals surface area contributed by atoms with Gasteiger partial charge in [-0.15, -0.1) is 0 Å². The van der Waals surface area contributed by atoms with E-state index >= 15 is 0 Å². The summed E-state index contributed by atoms with van der Waals surface area (Å²) in [5.74, 6) is 1.07. The van der Waals surface area contributed by atoms with Gasteiger partial charge in [-0.05, 0) is 60.2 Å². The Hall–Kier alpha value is -3.12. The molecule has 0 fully saturated rings. The van der Waals surface area contributed by atoms with E-state index in [1.807, 2.05) is 30.3 Å². The maximum Gasteiger partial charge on any atom is 0.519 e. The Kier molecular flexibility index (Phi) is 6.22. The maximum atomic E-state index is 11.9. The fraction of sp³-hybridized carbons (Fsp3) is 0.0476. The molecule has 0 N–H and O–H groups in total. The summed E-state index contributed by atoms with van der Waals surface area (Å²) < 4.78 is 16.6. The van der Waals surface area contributed by atoms with Gasteiger partial charge in [-0.2, -0.15) is 0 Å². The first kappa shape index (κ1) is 18.7. The van der Waals surface area contributed by atoms with Crippen LogP contribution in [0.2, 0.25) is 0 Å². The Morgan fingerprint density at radius 1 is 0.926 bits per heavy atom. The average molecular weight is 426 g/mol. The van der Waals surface area contributed by atoms with Gasteiger partial charge < -0.3 is 14.2 Å². The van der Waals surface area contributed by atoms with Crippen LogP contribution in [0, 0.1) is 0 Å². The largest absolute Gasteiger partial charge is 0.519 e. The van der Waals surface area contributed by atoms with E-state index in [4.69, 9.17) is 14.2 Å². The molecule has 3 rings (SSSR count). The van der Waals surface area contributed by atoms with Gasteiger partial charge in [-0.3, -0.25) is 4.99 Å². The minimum absolute atomic E-state index is 0.263. The molecule has 0 atom stereocenters. The maximum absolute atomic E-state index is 11.9. The second-order valence-electron chi connectivity index (χ2n) is 5.41. The second-order valence-corrected chi connectivity index (χ2v) is 6.33. The lowest BCUT2D eigenvalue weighted by Crippen LogP contribution is -2.14. The summed E-state index contributed by atoms with van der Waals surface area (Å²) in [6.07, 6.45) is 0.869. The monoisotopic (exact) mass is 425 g/mol. The molecule has 0 saturated heterocycles. The molecule has 5 nitrogen and oxygen atoms in total. The van der Waals surface area contributed by atoms with Crippen molar-refractivity contribution < 1.29 is 19.0 Å². The number of nitrogens with zero attached hydrogens (tertiary/aromatic N) is 1. The van der Waals surface area contributed by atoms with Crippen LogP contribution in [0.4, 0.5) is 10.5 Å². The zero-order valence-electron chi connectivity index (χ0n) is 14.5. The van der Waals surface area contributed by atoms with Gasteiger partial charge in [-0.25, -0.2) is 4.79 Å². The van der Waals surface area contributed by atoms with Crippen molar-refractivity contribution in [1.82, 2.24) is 0 Å². The first-order valence-electron chi connectivity index (χ1n) is 8.06. The molecule has 0 aliphatic carbocycles. The molecule has 0 spiro atoms. The number of benzene rings is 3. The molecule has 0 aliphatic heterocycles. The fourth-order valence-electron chi connectivity index (χ4n) is 2.22. The number of rotatable bonds is 5. The van der Waals surface area contributed by atoms with Crippen molar-refractivity contribution in [3.63, 3.8) is 0 Å². The molecule has 27 heavy (non-hydrogen) atoms. The molecule has 0 unspecified atom stereocenters. The molecule has 3 aromatic rings. The number of hydrogen-bond acceptors (Lipinski definition) is 5. The summed E-state index contributed by atoms with van der Waals surface area (Å²) in [7, 11) is 1.50. The molecule has 0 saturated carbocycles. The van der Waals surface area contributed by atoms with Crippen LogP contribution in [0.3, 0.4) is 0 Å². The van der Waals surface area contributed by atoms with Gasteiger partial charge in [0.1, 0.15) is 5.75 Å². The second kappa shape index (κ2) is 9.00. The van der Waals surface area contributed by atoms with Gasteiger partial charge in [-0.1, -0.05) is 34.1 Å². The number of hydrogen-bond donors (Lipinski definition) is 0. The predicted molar refractivity (Wildman–Crippen MR) is 107 cm³/mol. The van der Waals surface area contributed by atoms with Crippen molar-refractivity contribution in [1.29, 1.82) is 0 Å². The van der Waals surface area contributed by atoms with E-state index in [2.05, 4.69) is 20.9 Å². The Balaban J connectivity index is 1.70. The molecule has 6 heteroatoms. The van der Waals surface area contributed by atoms with Crippen molar-refractivity contribution in [2.75, 3.05) is 7.11 Å². The van der Waals surface area contributed by atoms with Crippen molar-refractivity contribution in [2.45, 2.75) is 0 Å². The first-order valence-corrected chi connectivity index (χ1v) is 8.86. The van der Waals surface area contributed by atoms with Crippen LogP contribution in [0.25, 0.3) is 0 Å². The number of carbonyl (C=O) groups excluding carboxylic acids is 1. The lowest BCUT2D eigenvalue weighted by atomic mass is 10.2. The Morgan fingerprint density at radius 3 is 2.37 bits per heavy atom. The third-order valence-corrected chi connectivity index (χ3v) is 4.04. The summed E-state index contributed by atoms with van der Waals surface area (Å²) in [4.78, 5) is 16.3. The molecular formula is C21H16BrNO4. The van der Waals surface area contributed by atoms with Crippen molar-refractivity contribution >= 4 is 34.0 Å². The zero-order valence-corrected chi connectivity index (χ0v) is 16.0. The van der Waals surface area contributed by atoms with Crippen LogP contribution in [0.1, 0.15) is 5.56 Å². The van der Waals surface area contributed by atoms with Gasteiger partial charge in [0.2, 0.25) is 0 Å². The normalized spacial score (nSPS) is 10.6. The van der Waals surface area contributed by atoms with E-state index in [0.717, 1.165) is 15.7 Å². The van der Waals surface area contributed by atoms with E-state index in [1.165, 1.54) is 7.11 Å². The van der Waals surface area contributed by atoms with Crippen LogP contribution in [0.15, 0.2) is 82.3 Å². The zero-order chi connectivity index (χ0) is 19.1. The molecule has 0 amide bonds. The van der Waals surface area contributed by atoms with Crippen molar-refractivity contribution in [3.8, 4) is 17.2 Å². The van der Waals surface area contributed by atoms with Crippen LogP contribution >= 0.6 is 15.9 Å². The third kappa shape index (κ3) is 5.43. The summed E-state index contributed by atoms with van der Waals surface area (Å²) in [6.45, 7) is 0. The van der Waals surface area contributed by atoms with E-state index in [9.17, 15) is 4.79 Å². The molecule has 136 valence electrons. The van der Waals surface area contributed by atoms with Gasteiger partial charge in [0.05, 0.1) is 12.8 Å². The van der Waals surface area contributed by atoms with Gasteiger partial charge in [0, 0.05) is 10.7 Å². The lowest BCUT2D eigenvalue weighted by Gasteiger charge is -2.10. The average Bonchev–Trinajstić information content (AvgIpc) is 2.69. The molecule has 3 aromatic carbocycles. The highest BCUT2D eigenvalue weighted by Crippen LogP contribution is 2.28. The number of aliphatic imine (C=N–C) groups is 1. The third-order valence-electron chi connectivity index (χ3n) is 3.51. The molecule has 0 aliphatic rings. The number of para-hydroxylation sites is 1. The Bertz CT molecular complexity index is 940. The number of carbonyl (C=O) groups is 1. The Morgan fingerprint density at radius 2 is 1.67 bits per heavy atom. The number of ether oxygens (including phenoxy) is 3. The quantitative estimate of drug-likeness (QED) is 0.295. The highest BCUT2D eigenvalue weighted by Gasteiger charge is 2.12. The Labute approximate surface area is 165 Å². The molecule has 0 bridgehead atoms. The minimum atomic E-state index is -0.837. The van der Waals surface area contributed by atoms with Gasteiger partial charge in [0.25, 0.3) is 0 Å². The van der Waals surface area contributed by atoms with Crippen LogP contribution < -0.4 is 14.2 Å². The standard InChI is InChI=1S/C21H16BrNO4/c1-25-20-13-15(14-23-17-10-8-16(22)9-11-17)7-12-19(20)27-21(24)26-18-5-3-2-4-6-18/h2-14H,1H3. The minimum Gasteiger partial charge on any atom is -0.493 e. The van der Waals surface area contributed by atoms with E-state index < -0.39 is 6.16 Å². The summed E-state index contributed by atoms with van der Waals surface area (Å²) >= 11 is 3.39. The van der Waals surface area contributed by atoms with E-state index in [1.54, 1.807) is 48.7 Å². The number of methoxy groups -OCH3 is 1. The van der Waals surface area contributed by atoms with Crippen LogP contribution in [0.5, 0.6) is 17.2 Å². The molecule has 0 radical (unpaired) electrons. The highest BCUT2D eigenvalue weighted by atomic mass is 79.9.